The van der Waals surface area contributed by atoms with Gasteiger partial charge in [-0.05, 0) is 90.7 Å². The van der Waals surface area contributed by atoms with Crippen molar-refractivity contribution < 1.29 is 4.74 Å². The Bertz CT molecular complexity index is 3330. The van der Waals surface area contributed by atoms with Gasteiger partial charge in [0, 0.05) is 27.8 Å². The minimum Gasteiger partial charge on any atom is -0.457 e. The van der Waals surface area contributed by atoms with Crippen LogP contribution in [-0.4, -0.2) is 15.0 Å². The van der Waals surface area contributed by atoms with E-state index in [0.717, 1.165) is 55.8 Å². The maximum absolute atomic E-state index is 6.69. The molecule has 4 heteroatoms. The van der Waals surface area contributed by atoms with Gasteiger partial charge in [0.05, 0.1) is 5.41 Å². The summed E-state index contributed by atoms with van der Waals surface area (Å²) in [6.45, 7) is 0. The molecule has 0 unspecified atom stereocenters. The average molecular weight is 764 g/mol. The third kappa shape index (κ3) is 4.59. The molecule has 0 saturated carbocycles. The fourth-order valence-electron chi connectivity index (χ4n) is 10.2. The van der Waals surface area contributed by atoms with Crippen LogP contribution in [0.2, 0.25) is 0 Å². The zero-order valence-corrected chi connectivity index (χ0v) is 32.3. The van der Waals surface area contributed by atoms with Gasteiger partial charge in [-0.25, -0.2) is 15.0 Å². The van der Waals surface area contributed by atoms with E-state index in [2.05, 4.69) is 182 Å². The molecule has 0 N–H and O–H groups in total. The third-order valence-electron chi connectivity index (χ3n) is 12.8. The predicted molar refractivity (Wildman–Crippen MR) is 241 cm³/mol. The number of fused-ring (bicyclic) bond motifs is 12. The van der Waals surface area contributed by atoms with Gasteiger partial charge in [-0.2, -0.15) is 0 Å². The van der Waals surface area contributed by atoms with Crippen molar-refractivity contribution in [1.29, 1.82) is 0 Å². The van der Waals surface area contributed by atoms with E-state index < -0.39 is 5.41 Å². The van der Waals surface area contributed by atoms with E-state index in [1.165, 1.54) is 49.9 Å². The van der Waals surface area contributed by atoms with Gasteiger partial charge in [-0.15, -0.1) is 0 Å². The number of hydrogen-bond donors (Lipinski definition) is 0. The summed E-state index contributed by atoms with van der Waals surface area (Å²) in [6.07, 6.45) is 0. The molecule has 0 radical (unpaired) electrons. The molecule has 0 bridgehead atoms. The van der Waals surface area contributed by atoms with Gasteiger partial charge in [-0.1, -0.05) is 176 Å². The molecule has 2 aliphatic carbocycles. The molecule has 1 aliphatic heterocycles. The second-order valence-corrected chi connectivity index (χ2v) is 15.8. The summed E-state index contributed by atoms with van der Waals surface area (Å²) < 4.78 is 6.69. The van der Waals surface area contributed by atoms with Crippen LogP contribution in [0, 0.1) is 0 Å². The Morgan fingerprint density at radius 3 is 1.52 bits per heavy atom. The van der Waals surface area contributed by atoms with Crippen LogP contribution >= 0.6 is 0 Å². The highest BCUT2D eigenvalue weighted by molar-refractivity contribution is 6.18. The number of ether oxygens (including phenoxy) is 1. The van der Waals surface area contributed by atoms with Gasteiger partial charge < -0.3 is 4.74 Å². The van der Waals surface area contributed by atoms with Crippen LogP contribution in [0.25, 0.3) is 89.4 Å². The van der Waals surface area contributed by atoms with E-state index in [9.17, 15) is 0 Å². The first-order valence-corrected chi connectivity index (χ1v) is 20.4. The van der Waals surface area contributed by atoms with Crippen molar-refractivity contribution in [2.45, 2.75) is 5.41 Å². The number of hydrogen-bond acceptors (Lipinski definition) is 4. The SMILES string of the molecule is c1ccc(-c2nc(-c3ccc(-c4ccc5c(c4)C4(c6ccccc6O5)c5ccccc5-c5ccccc54)cc3)nc(-c3ccc4c5c(cccc35)-c3ccccc3-4)n2)cc1. The highest BCUT2D eigenvalue weighted by Crippen LogP contribution is 2.62. The van der Waals surface area contributed by atoms with Crippen LogP contribution in [0.4, 0.5) is 0 Å². The summed E-state index contributed by atoms with van der Waals surface area (Å²) in [6, 6.07) is 71.3. The molecule has 0 saturated heterocycles. The van der Waals surface area contributed by atoms with Crippen molar-refractivity contribution in [3.05, 3.63) is 222 Å². The lowest BCUT2D eigenvalue weighted by Gasteiger charge is -2.39. The second-order valence-electron chi connectivity index (χ2n) is 15.8. The summed E-state index contributed by atoms with van der Waals surface area (Å²) in [4.78, 5) is 15.4. The molecule has 3 aliphatic rings. The van der Waals surface area contributed by atoms with Crippen molar-refractivity contribution >= 4 is 10.8 Å². The highest BCUT2D eigenvalue weighted by Gasteiger charge is 2.51. The smallest absolute Gasteiger partial charge is 0.164 e. The first kappa shape index (κ1) is 33.1. The minimum absolute atomic E-state index is 0.520. The predicted octanol–water partition coefficient (Wildman–Crippen LogP) is 13.8. The Morgan fingerprint density at radius 2 is 0.800 bits per heavy atom. The molecule has 9 aromatic carbocycles. The lowest BCUT2D eigenvalue weighted by atomic mass is 9.66. The molecule has 0 atom stereocenters. The van der Waals surface area contributed by atoms with Crippen LogP contribution in [-0.2, 0) is 5.41 Å². The highest BCUT2D eigenvalue weighted by atomic mass is 16.5. The van der Waals surface area contributed by atoms with Crippen molar-refractivity contribution in [1.82, 2.24) is 15.0 Å². The van der Waals surface area contributed by atoms with Gasteiger partial charge in [-0.3, -0.25) is 0 Å². The van der Waals surface area contributed by atoms with E-state index in [-0.39, 0.29) is 0 Å². The van der Waals surface area contributed by atoms with Gasteiger partial charge in [0.2, 0.25) is 0 Å². The lowest BCUT2D eigenvalue weighted by molar-refractivity contribution is 0.436. The molecule has 0 amide bonds. The number of para-hydroxylation sites is 1. The summed E-state index contributed by atoms with van der Waals surface area (Å²) in [7, 11) is 0. The first-order chi connectivity index (χ1) is 29.7. The van der Waals surface area contributed by atoms with Gasteiger partial charge in [0.1, 0.15) is 11.5 Å². The van der Waals surface area contributed by atoms with Crippen LogP contribution < -0.4 is 4.74 Å². The summed E-state index contributed by atoms with van der Waals surface area (Å²) in [5.41, 5.74) is 17.0. The zero-order chi connectivity index (χ0) is 39.4. The van der Waals surface area contributed by atoms with Gasteiger partial charge in [0.25, 0.3) is 0 Å². The van der Waals surface area contributed by atoms with Gasteiger partial charge >= 0.3 is 0 Å². The van der Waals surface area contributed by atoms with Crippen molar-refractivity contribution in [2.24, 2.45) is 0 Å². The lowest BCUT2D eigenvalue weighted by Crippen LogP contribution is -2.32. The molecular weight excluding hydrogens is 731 g/mol. The van der Waals surface area contributed by atoms with Crippen LogP contribution in [0.15, 0.2) is 200 Å². The molecular formula is C56H33N3O. The number of rotatable bonds is 4. The van der Waals surface area contributed by atoms with Crippen molar-refractivity contribution in [3.8, 4) is 90.2 Å². The maximum atomic E-state index is 6.69. The second kappa shape index (κ2) is 12.5. The van der Waals surface area contributed by atoms with Crippen molar-refractivity contribution in [2.75, 3.05) is 0 Å². The Labute approximate surface area is 347 Å². The number of nitrogens with zero attached hydrogens (tertiary/aromatic N) is 3. The standard InChI is InChI=1S/C56H33N3O/c1-2-13-35(14-3-1)53-57-54(59-55(58-53)45-31-30-44-39-16-5-4-15-38(39)42-19-12-20-43(45)52(42)44)36-27-25-34(26-28-36)37-29-32-51-49(33-37)56(48-23-10-11-24-50(48)60-51)46-21-8-6-17-40(46)41-18-7-9-22-47(41)56/h1-33H. The Hall–Kier alpha value is -7.95. The summed E-state index contributed by atoms with van der Waals surface area (Å²) in [5.74, 6) is 3.69. The molecule has 60 heavy (non-hydrogen) atoms. The normalized spacial score (nSPS) is 13.3. The third-order valence-corrected chi connectivity index (χ3v) is 12.8. The Morgan fingerprint density at radius 1 is 0.300 bits per heavy atom. The summed E-state index contributed by atoms with van der Waals surface area (Å²) >= 11 is 0. The fraction of sp³-hybridized carbons (Fsp3) is 0.0179. The number of aromatic nitrogens is 3. The maximum Gasteiger partial charge on any atom is 0.164 e. The largest absolute Gasteiger partial charge is 0.457 e. The Balaban J connectivity index is 0.943. The topological polar surface area (TPSA) is 47.9 Å². The van der Waals surface area contributed by atoms with Crippen LogP contribution in [0.1, 0.15) is 22.3 Å². The molecule has 10 aromatic rings. The molecule has 4 nitrogen and oxygen atoms in total. The molecule has 13 rings (SSSR count). The van der Waals surface area contributed by atoms with E-state index in [1.54, 1.807) is 0 Å². The zero-order valence-electron chi connectivity index (χ0n) is 32.3. The molecule has 1 aromatic heterocycles. The first-order valence-electron chi connectivity index (χ1n) is 20.4. The van der Waals surface area contributed by atoms with E-state index in [0.29, 0.717) is 17.5 Å². The average Bonchev–Trinajstić information content (AvgIpc) is 3.81. The van der Waals surface area contributed by atoms with Gasteiger partial charge in [0.15, 0.2) is 17.5 Å². The molecule has 1 spiro atoms. The van der Waals surface area contributed by atoms with Crippen LogP contribution in [0.5, 0.6) is 11.5 Å². The van der Waals surface area contributed by atoms with Crippen molar-refractivity contribution in [3.63, 3.8) is 0 Å². The van der Waals surface area contributed by atoms with E-state index >= 15 is 0 Å². The Kier molecular flexibility index (Phi) is 6.90. The quantitative estimate of drug-likeness (QED) is 0.179. The van der Waals surface area contributed by atoms with E-state index in [1.807, 2.05) is 18.2 Å². The van der Waals surface area contributed by atoms with E-state index in [4.69, 9.17) is 19.7 Å². The number of benzene rings is 9. The molecule has 2 heterocycles. The minimum atomic E-state index is -0.520. The monoisotopic (exact) mass is 763 g/mol. The van der Waals surface area contributed by atoms with Crippen LogP contribution in [0.3, 0.4) is 0 Å². The fourth-order valence-corrected chi connectivity index (χ4v) is 10.2. The summed E-state index contributed by atoms with van der Waals surface area (Å²) in [5, 5.41) is 2.38. The molecule has 278 valence electrons. The molecule has 0 fully saturated rings.